The lowest BCUT2D eigenvalue weighted by Gasteiger charge is -2.33. The average molecular weight is 325 g/mol. The molecule has 1 atom stereocenters. The van der Waals surface area contributed by atoms with Crippen molar-refractivity contribution < 1.29 is 14.7 Å². The lowest BCUT2D eigenvalue weighted by Crippen LogP contribution is -2.47. The number of hydrogen-bond acceptors (Lipinski definition) is 3. The Hall–Kier alpha value is -1.59. The van der Waals surface area contributed by atoms with Gasteiger partial charge < -0.3 is 10.4 Å². The van der Waals surface area contributed by atoms with Gasteiger partial charge in [0.05, 0.1) is 12.0 Å². The highest BCUT2D eigenvalue weighted by Crippen LogP contribution is 2.24. The van der Waals surface area contributed by atoms with E-state index in [4.69, 9.17) is 16.7 Å². The first-order valence-corrected chi connectivity index (χ1v) is 7.80. The molecule has 0 spiro atoms. The van der Waals surface area contributed by atoms with Crippen LogP contribution in [0, 0.1) is 12.8 Å². The predicted molar refractivity (Wildman–Crippen MR) is 86.2 cm³/mol. The number of benzene rings is 1. The number of anilines is 1. The molecule has 0 saturated carbocycles. The number of piperidine rings is 1. The molecule has 5 nitrogen and oxygen atoms in total. The summed E-state index contributed by atoms with van der Waals surface area (Å²) in [6.45, 7) is 4.96. The number of carboxylic acids is 1. The summed E-state index contributed by atoms with van der Waals surface area (Å²) < 4.78 is 0. The van der Waals surface area contributed by atoms with Gasteiger partial charge in [0.15, 0.2) is 0 Å². The summed E-state index contributed by atoms with van der Waals surface area (Å²) in [5.74, 6) is -1.13. The molecule has 0 aromatic heterocycles. The van der Waals surface area contributed by atoms with E-state index in [0.29, 0.717) is 36.6 Å². The molecule has 0 aliphatic carbocycles. The first-order chi connectivity index (χ1) is 10.4. The minimum atomic E-state index is -0.744. The van der Waals surface area contributed by atoms with Crippen LogP contribution >= 0.6 is 11.6 Å². The van der Waals surface area contributed by atoms with Gasteiger partial charge in [-0.3, -0.25) is 14.5 Å². The maximum Gasteiger partial charge on any atom is 0.306 e. The highest BCUT2D eigenvalue weighted by molar-refractivity contribution is 6.31. The summed E-state index contributed by atoms with van der Waals surface area (Å²) in [5, 5.41) is 12.5. The monoisotopic (exact) mass is 324 g/mol. The van der Waals surface area contributed by atoms with Crippen LogP contribution in [0.2, 0.25) is 5.02 Å². The van der Waals surface area contributed by atoms with Crippen molar-refractivity contribution in [2.45, 2.75) is 32.7 Å². The number of amides is 1. The van der Waals surface area contributed by atoms with Crippen molar-refractivity contribution in [1.29, 1.82) is 0 Å². The molecule has 1 aliphatic rings. The Balaban J connectivity index is 1.95. The van der Waals surface area contributed by atoms with Gasteiger partial charge in [0.2, 0.25) is 5.91 Å². The number of nitrogens with zero attached hydrogens (tertiary/aromatic N) is 1. The van der Waals surface area contributed by atoms with E-state index < -0.39 is 5.97 Å². The van der Waals surface area contributed by atoms with Gasteiger partial charge in [-0.05, 0) is 57.5 Å². The molecule has 6 heteroatoms. The molecule has 1 aromatic rings. The molecule has 2 rings (SSSR count). The van der Waals surface area contributed by atoms with Crippen LogP contribution in [0.5, 0.6) is 0 Å². The number of halogens is 1. The second kappa shape index (κ2) is 7.11. The van der Waals surface area contributed by atoms with E-state index in [1.165, 1.54) is 0 Å². The number of hydrogen-bond donors (Lipinski definition) is 2. The van der Waals surface area contributed by atoms with Crippen LogP contribution < -0.4 is 5.32 Å². The summed E-state index contributed by atoms with van der Waals surface area (Å²) in [5.41, 5.74) is 1.55. The van der Waals surface area contributed by atoms with E-state index in [2.05, 4.69) is 5.32 Å². The van der Waals surface area contributed by atoms with Gasteiger partial charge in [-0.25, -0.2) is 0 Å². The van der Waals surface area contributed by atoms with Gasteiger partial charge in [0.1, 0.15) is 0 Å². The maximum atomic E-state index is 12.4. The zero-order valence-corrected chi connectivity index (χ0v) is 13.6. The molecule has 2 N–H and O–H groups in total. The number of aliphatic carboxylic acids is 1. The normalized spacial score (nSPS) is 18.0. The smallest absolute Gasteiger partial charge is 0.306 e. The van der Waals surface area contributed by atoms with Crippen molar-refractivity contribution in [1.82, 2.24) is 4.90 Å². The minimum absolute atomic E-state index is 0.0980. The summed E-state index contributed by atoms with van der Waals surface area (Å²) in [7, 11) is 0. The Labute approximate surface area is 135 Å². The van der Waals surface area contributed by atoms with Crippen LogP contribution in [-0.4, -0.2) is 41.0 Å². The van der Waals surface area contributed by atoms with Crippen molar-refractivity contribution in [2.24, 2.45) is 5.92 Å². The Bertz CT molecular complexity index is 569. The lowest BCUT2D eigenvalue weighted by atomic mass is 9.96. The second-order valence-corrected chi connectivity index (χ2v) is 6.13. The Morgan fingerprint density at radius 2 is 2.00 bits per heavy atom. The first kappa shape index (κ1) is 16.8. The summed E-state index contributed by atoms with van der Waals surface area (Å²) >= 11 is 6.05. The van der Waals surface area contributed by atoms with Crippen LogP contribution in [0.4, 0.5) is 5.69 Å². The zero-order chi connectivity index (χ0) is 16.3. The predicted octanol–water partition coefficient (Wildman–Crippen LogP) is 2.77. The number of rotatable bonds is 4. The van der Waals surface area contributed by atoms with Crippen LogP contribution in [0.1, 0.15) is 25.3 Å². The Morgan fingerprint density at radius 3 is 2.59 bits per heavy atom. The molecule has 1 aliphatic heterocycles. The lowest BCUT2D eigenvalue weighted by molar-refractivity contribution is -0.143. The van der Waals surface area contributed by atoms with Crippen LogP contribution in [0.3, 0.4) is 0 Å². The number of carbonyl (C=O) groups excluding carboxylic acids is 1. The van der Waals surface area contributed by atoms with E-state index in [0.717, 1.165) is 5.56 Å². The highest BCUT2D eigenvalue weighted by atomic mass is 35.5. The van der Waals surface area contributed by atoms with Crippen LogP contribution in [0.15, 0.2) is 18.2 Å². The molecule has 1 saturated heterocycles. The largest absolute Gasteiger partial charge is 0.481 e. The number of carboxylic acid groups (broad SMARTS) is 1. The average Bonchev–Trinajstić information content (AvgIpc) is 2.51. The fourth-order valence-corrected chi connectivity index (χ4v) is 2.85. The third kappa shape index (κ3) is 3.78. The fraction of sp³-hybridized carbons (Fsp3) is 0.500. The van der Waals surface area contributed by atoms with Gasteiger partial charge in [0.25, 0.3) is 0 Å². The third-order valence-corrected chi connectivity index (χ3v) is 4.74. The van der Waals surface area contributed by atoms with Gasteiger partial charge in [-0.1, -0.05) is 17.7 Å². The van der Waals surface area contributed by atoms with Crippen molar-refractivity contribution in [3.63, 3.8) is 0 Å². The SMILES string of the molecule is Cc1c(Cl)cccc1NC(=O)C(C)N1CCC(C(=O)O)CC1. The van der Waals surface area contributed by atoms with E-state index >= 15 is 0 Å². The van der Waals surface area contributed by atoms with Gasteiger partial charge in [-0.15, -0.1) is 0 Å². The maximum absolute atomic E-state index is 12.4. The summed E-state index contributed by atoms with van der Waals surface area (Å²) in [6.07, 6.45) is 1.17. The van der Waals surface area contributed by atoms with E-state index in [1.807, 2.05) is 24.8 Å². The van der Waals surface area contributed by atoms with Crippen molar-refractivity contribution in [3.8, 4) is 0 Å². The van der Waals surface area contributed by atoms with Crippen molar-refractivity contribution >= 4 is 29.2 Å². The second-order valence-electron chi connectivity index (χ2n) is 5.73. The molecule has 1 aromatic carbocycles. The molecule has 0 bridgehead atoms. The molecule has 1 fully saturated rings. The summed E-state index contributed by atoms with van der Waals surface area (Å²) in [6, 6.07) is 5.11. The fourth-order valence-electron chi connectivity index (χ4n) is 2.68. The van der Waals surface area contributed by atoms with Crippen molar-refractivity contribution in [2.75, 3.05) is 18.4 Å². The van der Waals surface area contributed by atoms with E-state index in [1.54, 1.807) is 12.1 Å². The highest BCUT2D eigenvalue weighted by Gasteiger charge is 2.29. The molecule has 0 radical (unpaired) electrons. The molecule has 120 valence electrons. The standard InChI is InChI=1S/C16H21ClN2O3/c1-10-13(17)4-3-5-14(10)18-15(20)11(2)19-8-6-12(7-9-19)16(21)22/h3-5,11-12H,6-9H2,1-2H3,(H,18,20)(H,21,22). The van der Waals surface area contributed by atoms with E-state index in [9.17, 15) is 9.59 Å². The van der Waals surface area contributed by atoms with Crippen LogP contribution in [-0.2, 0) is 9.59 Å². The minimum Gasteiger partial charge on any atom is -0.481 e. The van der Waals surface area contributed by atoms with Gasteiger partial charge in [0, 0.05) is 10.7 Å². The molecule has 1 unspecified atom stereocenters. The van der Waals surface area contributed by atoms with E-state index in [-0.39, 0.29) is 17.9 Å². The molecule has 1 heterocycles. The van der Waals surface area contributed by atoms with Gasteiger partial charge >= 0.3 is 5.97 Å². The summed E-state index contributed by atoms with van der Waals surface area (Å²) in [4.78, 5) is 25.4. The first-order valence-electron chi connectivity index (χ1n) is 7.43. The van der Waals surface area contributed by atoms with Crippen LogP contribution in [0.25, 0.3) is 0 Å². The Morgan fingerprint density at radius 1 is 1.36 bits per heavy atom. The molecular weight excluding hydrogens is 304 g/mol. The Kier molecular flexibility index (Phi) is 5.42. The van der Waals surface area contributed by atoms with Crippen molar-refractivity contribution in [3.05, 3.63) is 28.8 Å². The number of nitrogens with one attached hydrogen (secondary N) is 1. The molecule has 22 heavy (non-hydrogen) atoms. The topological polar surface area (TPSA) is 69.6 Å². The molecular formula is C16H21ClN2O3. The quantitative estimate of drug-likeness (QED) is 0.893. The molecule has 1 amide bonds. The number of carbonyl (C=O) groups is 2. The zero-order valence-electron chi connectivity index (χ0n) is 12.8. The number of likely N-dealkylation sites (tertiary alicyclic amines) is 1. The van der Waals surface area contributed by atoms with Gasteiger partial charge in [-0.2, -0.15) is 0 Å². The third-order valence-electron chi connectivity index (χ3n) is 4.33.